The molecule has 0 bridgehead atoms. The number of likely N-dealkylation sites (N-methyl/N-ethyl adjacent to an activating group) is 1. The molecule has 0 heterocycles. The van der Waals surface area contributed by atoms with Crippen molar-refractivity contribution >= 4 is 11.4 Å². The minimum Gasteiger partial charge on any atom is -1.00 e. The number of anilines is 2. The Morgan fingerprint density at radius 2 is 0.963 bits per heavy atom. The molecule has 0 amide bonds. The van der Waals surface area contributed by atoms with Crippen molar-refractivity contribution in [3.05, 3.63) is 58.7 Å². The first-order valence-corrected chi connectivity index (χ1v) is 8.77. The van der Waals surface area contributed by atoms with Gasteiger partial charge in [0, 0.05) is 37.6 Å². The number of hydrogen-bond acceptors (Lipinski definition) is 3. The number of nitrogens with one attached hydrogen (secondary N) is 2. The van der Waals surface area contributed by atoms with E-state index in [4.69, 9.17) is 0 Å². The number of halogens is 2. The van der Waals surface area contributed by atoms with Gasteiger partial charge >= 0.3 is 17.1 Å². The molecule has 2 N–H and O–H groups in total. The summed E-state index contributed by atoms with van der Waals surface area (Å²) in [5, 5.41) is 7.15. The van der Waals surface area contributed by atoms with Gasteiger partial charge in [0.25, 0.3) is 0 Å². The second-order valence-corrected chi connectivity index (χ2v) is 6.69. The summed E-state index contributed by atoms with van der Waals surface area (Å²) in [6.45, 7) is 12.6. The summed E-state index contributed by atoms with van der Waals surface area (Å²) >= 11 is 0. The number of rotatable bonds is 8. The van der Waals surface area contributed by atoms with Gasteiger partial charge in [-0.05, 0) is 57.0 Å². The van der Waals surface area contributed by atoms with E-state index in [9.17, 15) is 0 Å². The van der Waals surface area contributed by atoms with Crippen molar-refractivity contribution in [2.75, 3.05) is 43.9 Å². The average Bonchev–Trinajstić information content (AvgIpc) is 2.53. The van der Waals surface area contributed by atoms with E-state index in [0.717, 1.165) is 26.2 Å². The van der Waals surface area contributed by atoms with Crippen molar-refractivity contribution < 1.29 is 41.9 Å². The molecule has 1 radical (unpaired) electrons. The molecular formula is C21H31Cl2MnN3. The first-order chi connectivity index (χ1) is 11.5. The van der Waals surface area contributed by atoms with Crippen molar-refractivity contribution in [3.8, 4) is 0 Å². The molecule has 2 rings (SSSR count). The maximum absolute atomic E-state index is 3.58. The van der Waals surface area contributed by atoms with Crippen molar-refractivity contribution in [2.45, 2.75) is 27.7 Å². The second kappa shape index (κ2) is 14.1. The molecule has 0 spiro atoms. The van der Waals surface area contributed by atoms with Gasteiger partial charge in [0.2, 0.25) is 0 Å². The van der Waals surface area contributed by atoms with Gasteiger partial charge in [-0.3, -0.25) is 0 Å². The van der Waals surface area contributed by atoms with E-state index in [2.05, 4.69) is 86.7 Å². The Hall–Kier alpha value is -0.901. The van der Waals surface area contributed by atoms with Crippen molar-refractivity contribution in [1.82, 2.24) is 4.90 Å². The molecule has 0 aliphatic carbocycles. The van der Waals surface area contributed by atoms with Gasteiger partial charge in [-0.2, -0.15) is 0 Å². The van der Waals surface area contributed by atoms with E-state index < -0.39 is 0 Å². The van der Waals surface area contributed by atoms with Crippen LogP contribution in [0.15, 0.2) is 36.4 Å². The Labute approximate surface area is 188 Å². The predicted octanol–water partition coefficient (Wildman–Crippen LogP) is -1.62. The summed E-state index contributed by atoms with van der Waals surface area (Å²) in [4.78, 5) is 2.36. The van der Waals surface area contributed by atoms with Gasteiger partial charge in [-0.1, -0.05) is 36.4 Å². The Kier molecular flexibility index (Phi) is 14.8. The van der Waals surface area contributed by atoms with E-state index in [0.29, 0.717) is 0 Å². The molecule has 0 fully saturated rings. The molecule has 151 valence electrons. The van der Waals surface area contributed by atoms with Crippen LogP contribution in [0.25, 0.3) is 0 Å². The van der Waals surface area contributed by atoms with Crippen LogP contribution >= 0.6 is 0 Å². The molecule has 27 heavy (non-hydrogen) atoms. The fraction of sp³-hybridized carbons (Fsp3) is 0.429. The standard InChI is InChI=1S/C21H31N3.2ClH.Mn/c1-16-8-6-9-17(2)20(16)22-12-14-24(5)15-13-23-21-18(3)10-7-11-19(21)4;;;/h6-11,22-23H,12-15H2,1-5H3;2*1H;/q;;;+2/p-2. The van der Waals surface area contributed by atoms with Crippen LogP contribution in [0.1, 0.15) is 22.3 Å². The van der Waals surface area contributed by atoms with Gasteiger partial charge < -0.3 is 40.3 Å². The van der Waals surface area contributed by atoms with Crippen LogP contribution in [0.3, 0.4) is 0 Å². The SMILES string of the molecule is Cc1cccc(C)c1NCCN(C)CCNc1c(C)cccc1C.[Cl-].[Cl-].[Mn+2]. The Bertz CT molecular complexity index is 582. The molecule has 0 saturated heterocycles. The van der Waals surface area contributed by atoms with E-state index in [1.807, 2.05) is 0 Å². The molecule has 3 nitrogen and oxygen atoms in total. The smallest absolute Gasteiger partial charge is 1.00 e. The van der Waals surface area contributed by atoms with Gasteiger partial charge in [-0.25, -0.2) is 0 Å². The molecule has 0 saturated carbocycles. The van der Waals surface area contributed by atoms with Crippen LogP contribution in [0.2, 0.25) is 0 Å². The van der Waals surface area contributed by atoms with Gasteiger partial charge in [0.1, 0.15) is 0 Å². The number of aryl methyl sites for hydroxylation is 4. The van der Waals surface area contributed by atoms with Gasteiger partial charge in [0.05, 0.1) is 0 Å². The number of nitrogens with zero attached hydrogens (tertiary/aromatic N) is 1. The fourth-order valence-electron chi connectivity index (χ4n) is 3.04. The maximum atomic E-state index is 3.58. The van der Waals surface area contributed by atoms with Gasteiger partial charge in [0.15, 0.2) is 0 Å². The van der Waals surface area contributed by atoms with Crippen molar-refractivity contribution in [1.29, 1.82) is 0 Å². The molecule has 0 unspecified atom stereocenters. The molecule has 0 atom stereocenters. The Morgan fingerprint density at radius 3 is 1.26 bits per heavy atom. The molecule has 0 aromatic heterocycles. The Balaban J connectivity index is 0. The molecule has 2 aromatic carbocycles. The normalized spacial score (nSPS) is 9.70. The molecule has 2 aromatic rings. The van der Waals surface area contributed by atoms with Crippen molar-refractivity contribution in [2.24, 2.45) is 0 Å². The maximum Gasteiger partial charge on any atom is 2.00 e. The van der Waals surface area contributed by atoms with E-state index in [1.54, 1.807) is 0 Å². The van der Waals surface area contributed by atoms with Gasteiger partial charge in [-0.15, -0.1) is 0 Å². The predicted molar refractivity (Wildman–Crippen MR) is 106 cm³/mol. The van der Waals surface area contributed by atoms with Crippen LogP contribution in [-0.2, 0) is 17.1 Å². The van der Waals surface area contributed by atoms with Crippen LogP contribution in [0.4, 0.5) is 11.4 Å². The first kappa shape index (κ1) is 28.3. The third kappa shape index (κ3) is 8.76. The molecule has 6 heteroatoms. The van der Waals surface area contributed by atoms with Crippen molar-refractivity contribution in [3.63, 3.8) is 0 Å². The largest absolute Gasteiger partial charge is 2.00 e. The minimum atomic E-state index is 0. The molecule has 0 aliphatic heterocycles. The zero-order valence-electron chi connectivity index (χ0n) is 16.9. The zero-order valence-corrected chi connectivity index (χ0v) is 19.6. The number of hydrogen-bond donors (Lipinski definition) is 2. The fourth-order valence-corrected chi connectivity index (χ4v) is 3.04. The summed E-state index contributed by atoms with van der Waals surface area (Å²) < 4.78 is 0. The number of benzene rings is 2. The minimum absolute atomic E-state index is 0. The zero-order chi connectivity index (χ0) is 17.5. The quantitative estimate of drug-likeness (QED) is 0.473. The topological polar surface area (TPSA) is 27.3 Å². The first-order valence-electron chi connectivity index (χ1n) is 8.77. The summed E-state index contributed by atoms with van der Waals surface area (Å²) in [5.41, 5.74) is 7.81. The van der Waals surface area contributed by atoms with E-state index in [1.165, 1.54) is 33.6 Å². The Morgan fingerprint density at radius 1 is 0.667 bits per heavy atom. The summed E-state index contributed by atoms with van der Waals surface area (Å²) in [7, 11) is 2.18. The number of para-hydroxylation sites is 2. The van der Waals surface area contributed by atoms with Crippen LogP contribution in [0, 0.1) is 27.7 Å². The van der Waals surface area contributed by atoms with Crippen LogP contribution in [0.5, 0.6) is 0 Å². The summed E-state index contributed by atoms with van der Waals surface area (Å²) in [6, 6.07) is 12.9. The second-order valence-electron chi connectivity index (χ2n) is 6.69. The third-order valence-electron chi connectivity index (χ3n) is 4.55. The molecule has 0 aliphatic rings. The third-order valence-corrected chi connectivity index (χ3v) is 4.55. The monoisotopic (exact) mass is 450 g/mol. The van der Waals surface area contributed by atoms with E-state index in [-0.39, 0.29) is 41.9 Å². The summed E-state index contributed by atoms with van der Waals surface area (Å²) in [5.74, 6) is 0. The average molecular weight is 451 g/mol. The molecular weight excluding hydrogens is 420 g/mol. The van der Waals surface area contributed by atoms with Crippen LogP contribution < -0.4 is 35.4 Å². The summed E-state index contributed by atoms with van der Waals surface area (Å²) in [6.07, 6.45) is 0. The van der Waals surface area contributed by atoms with Crippen LogP contribution in [-0.4, -0.2) is 38.1 Å². The van der Waals surface area contributed by atoms with E-state index >= 15 is 0 Å².